The number of fused-ring (bicyclic) bond motifs is 3. The highest BCUT2D eigenvalue weighted by Gasteiger charge is 2.88. The van der Waals surface area contributed by atoms with E-state index in [1.165, 1.54) is 0 Å². The quantitative estimate of drug-likeness (QED) is 0.348. The van der Waals surface area contributed by atoms with Crippen molar-refractivity contribution in [3.63, 3.8) is 0 Å². The van der Waals surface area contributed by atoms with Crippen LogP contribution in [0.25, 0.3) is 0 Å². The van der Waals surface area contributed by atoms with Crippen molar-refractivity contribution in [3.8, 4) is 5.75 Å². The zero-order valence-electron chi connectivity index (χ0n) is 16.1. The number of para-hydroxylation sites is 1. The lowest BCUT2D eigenvalue weighted by Crippen LogP contribution is -2.50. The molecule has 1 saturated heterocycles. The van der Waals surface area contributed by atoms with Crippen LogP contribution < -0.4 is 4.74 Å². The lowest BCUT2D eigenvalue weighted by atomic mass is 9.86. The summed E-state index contributed by atoms with van der Waals surface area (Å²) in [6, 6.07) is 16.0. The molecule has 29 heavy (non-hydrogen) atoms. The molecule has 1 amide bonds. The van der Waals surface area contributed by atoms with Gasteiger partial charge in [-0.1, -0.05) is 48.5 Å². The zero-order valence-corrected chi connectivity index (χ0v) is 16.1. The molecule has 1 saturated carbocycles. The fraction of sp³-hybridized carbons (Fsp3) is 0.348. The van der Waals surface area contributed by atoms with Gasteiger partial charge in [-0.25, -0.2) is 0 Å². The molecule has 0 N–H and O–H groups in total. The number of hydrogen-bond acceptors (Lipinski definition) is 5. The molecule has 2 aromatic carbocycles. The van der Waals surface area contributed by atoms with E-state index in [9.17, 15) is 14.4 Å². The van der Waals surface area contributed by atoms with E-state index in [0.717, 1.165) is 5.56 Å². The monoisotopic (exact) mass is 391 g/mol. The molecule has 6 nitrogen and oxygen atoms in total. The maximum absolute atomic E-state index is 13.7. The number of ketones is 1. The zero-order chi connectivity index (χ0) is 20.2. The number of rotatable bonds is 3. The molecule has 148 valence electrons. The molecule has 0 unspecified atom stereocenters. The van der Waals surface area contributed by atoms with Crippen molar-refractivity contribution in [2.75, 3.05) is 26.3 Å². The number of Topliss-reactive ketones (excluding diaryl/α,β-unsaturated/α-hetero) is 1. The van der Waals surface area contributed by atoms with Gasteiger partial charge in [0, 0.05) is 30.1 Å². The van der Waals surface area contributed by atoms with Crippen molar-refractivity contribution in [1.29, 1.82) is 0 Å². The van der Waals surface area contributed by atoms with Crippen LogP contribution >= 0.6 is 0 Å². The van der Waals surface area contributed by atoms with Gasteiger partial charge >= 0.3 is 5.97 Å². The summed E-state index contributed by atoms with van der Waals surface area (Å²) in [6.07, 6.45) is 0. The lowest BCUT2D eigenvalue weighted by molar-refractivity contribution is -0.156. The van der Waals surface area contributed by atoms with Gasteiger partial charge in [-0.15, -0.1) is 0 Å². The topological polar surface area (TPSA) is 72.9 Å². The van der Waals surface area contributed by atoms with Gasteiger partial charge < -0.3 is 14.4 Å². The van der Waals surface area contributed by atoms with Crippen LogP contribution in [-0.4, -0.2) is 48.9 Å². The van der Waals surface area contributed by atoms with Crippen LogP contribution in [0.1, 0.15) is 28.8 Å². The fourth-order valence-corrected chi connectivity index (χ4v) is 5.13. The van der Waals surface area contributed by atoms with E-state index < -0.39 is 22.7 Å². The van der Waals surface area contributed by atoms with Crippen LogP contribution in [-0.2, 0) is 14.3 Å². The van der Waals surface area contributed by atoms with Crippen LogP contribution in [0.3, 0.4) is 0 Å². The van der Waals surface area contributed by atoms with Crippen molar-refractivity contribution < 1.29 is 23.9 Å². The van der Waals surface area contributed by atoms with E-state index >= 15 is 0 Å². The van der Waals surface area contributed by atoms with Crippen LogP contribution in [0.2, 0.25) is 0 Å². The molecular formula is C23H21NO5. The lowest BCUT2D eigenvalue weighted by Gasteiger charge is -2.32. The second-order valence-corrected chi connectivity index (χ2v) is 7.97. The van der Waals surface area contributed by atoms with Crippen LogP contribution in [0, 0.1) is 10.8 Å². The first-order valence-corrected chi connectivity index (χ1v) is 9.81. The SMILES string of the molecule is C[C@]1(C(=O)c2ccccc2)[C@H]2c3ccccc3OC(=O)[C@]21C(=O)N1CCOCC1. The first-order valence-electron chi connectivity index (χ1n) is 9.81. The molecule has 0 aromatic heterocycles. The summed E-state index contributed by atoms with van der Waals surface area (Å²) in [4.78, 5) is 42.3. The number of carbonyl (C=O) groups excluding carboxylic acids is 3. The number of carbonyl (C=O) groups is 3. The van der Waals surface area contributed by atoms with E-state index in [1.807, 2.05) is 18.2 Å². The van der Waals surface area contributed by atoms with Crippen molar-refractivity contribution in [2.24, 2.45) is 10.8 Å². The molecule has 3 atom stereocenters. The predicted molar refractivity (Wildman–Crippen MR) is 104 cm³/mol. The molecule has 2 aliphatic heterocycles. The molecule has 2 fully saturated rings. The molecule has 2 aromatic rings. The van der Waals surface area contributed by atoms with Crippen LogP contribution in [0.5, 0.6) is 5.75 Å². The molecule has 0 radical (unpaired) electrons. The van der Waals surface area contributed by atoms with Crippen molar-refractivity contribution >= 4 is 17.7 Å². The van der Waals surface area contributed by atoms with Crippen LogP contribution in [0.15, 0.2) is 54.6 Å². The molecule has 3 aliphatic rings. The van der Waals surface area contributed by atoms with Crippen molar-refractivity contribution in [3.05, 3.63) is 65.7 Å². The Morgan fingerprint density at radius 1 is 1.00 bits per heavy atom. The first kappa shape index (κ1) is 18.1. The summed E-state index contributed by atoms with van der Waals surface area (Å²) >= 11 is 0. The maximum atomic E-state index is 13.7. The highest BCUT2D eigenvalue weighted by Crippen LogP contribution is 2.78. The number of hydrogen-bond donors (Lipinski definition) is 0. The number of nitrogens with zero attached hydrogens (tertiary/aromatic N) is 1. The number of morpholine rings is 1. The molecule has 0 bridgehead atoms. The van der Waals surface area contributed by atoms with Gasteiger partial charge in [-0.2, -0.15) is 0 Å². The van der Waals surface area contributed by atoms with Gasteiger partial charge in [0.15, 0.2) is 11.2 Å². The van der Waals surface area contributed by atoms with Gasteiger partial charge in [0.25, 0.3) is 0 Å². The van der Waals surface area contributed by atoms with Gasteiger partial charge in [-0.3, -0.25) is 14.4 Å². The Kier molecular flexibility index (Phi) is 3.90. The highest BCUT2D eigenvalue weighted by molar-refractivity contribution is 6.21. The number of ether oxygens (including phenoxy) is 2. The summed E-state index contributed by atoms with van der Waals surface area (Å²) < 4.78 is 11.0. The highest BCUT2D eigenvalue weighted by atomic mass is 16.5. The van der Waals surface area contributed by atoms with Gasteiger partial charge in [-0.05, 0) is 13.0 Å². The maximum Gasteiger partial charge on any atom is 0.328 e. The summed E-state index contributed by atoms with van der Waals surface area (Å²) in [6.45, 7) is 3.37. The Balaban J connectivity index is 1.66. The molecular weight excluding hydrogens is 370 g/mol. The van der Waals surface area contributed by atoms with Crippen molar-refractivity contribution in [2.45, 2.75) is 12.8 Å². The number of benzene rings is 2. The summed E-state index contributed by atoms with van der Waals surface area (Å²) in [7, 11) is 0. The standard InChI is InChI=1S/C23H21NO5/c1-22(19(25)15-7-3-2-4-8-15)18-16-9-5-6-10-17(16)29-21(27)23(18,22)20(26)24-11-13-28-14-12-24/h2-10,18H,11-14H2,1H3/t18-,22-,23-/m1/s1. The Morgan fingerprint density at radius 3 is 2.38 bits per heavy atom. The third-order valence-electron chi connectivity index (χ3n) is 6.64. The first-order chi connectivity index (χ1) is 14.0. The summed E-state index contributed by atoms with van der Waals surface area (Å²) in [5.74, 6) is -1.30. The molecule has 6 heteroatoms. The van der Waals surface area contributed by atoms with Crippen molar-refractivity contribution in [1.82, 2.24) is 4.90 Å². The van der Waals surface area contributed by atoms with Gasteiger partial charge in [0.2, 0.25) is 5.91 Å². The number of amides is 1. The smallest absolute Gasteiger partial charge is 0.328 e. The van der Waals surface area contributed by atoms with Gasteiger partial charge in [0.05, 0.1) is 18.6 Å². The van der Waals surface area contributed by atoms with Gasteiger partial charge in [0.1, 0.15) is 5.75 Å². The third kappa shape index (κ3) is 2.23. The Hall–Kier alpha value is -2.99. The summed E-state index contributed by atoms with van der Waals surface area (Å²) in [5, 5.41) is 0. The second kappa shape index (κ2) is 6.26. The molecule has 0 spiro atoms. The number of esters is 1. The Labute approximate surface area is 168 Å². The Bertz CT molecular complexity index is 1010. The third-order valence-corrected chi connectivity index (χ3v) is 6.64. The minimum absolute atomic E-state index is 0.210. The predicted octanol–water partition coefficient (Wildman–Crippen LogP) is 2.44. The van der Waals surface area contributed by atoms with E-state index in [1.54, 1.807) is 48.2 Å². The Morgan fingerprint density at radius 2 is 1.66 bits per heavy atom. The molecule has 5 rings (SSSR count). The largest absolute Gasteiger partial charge is 0.425 e. The minimum atomic E-state index is -1.54. The van der Waals surface area contributed by atoms with E-state index in [4.69, 9.17) is 9.47 Å². The minimum Gasteiger partial charge on any atom is -0.425 e. The molecule has 2 heterocycles. The van der Waals surface area contributed by atoms with Crippen LogP contribution in [0.4, 0.5) is 0 Å². The van der Waals surface area contributed by atoms with E-state index in [0.29, 0.717) is 37.6 Å². The average Bonchev–Trinajstić information content (AvgIpc) is 3.37. The van der Waals surface area contributed by atoms with E-state index in [2.05, 4.69) is 0 Å². The fourth-order valence-electron chi connectivity index (χ4n) is 5.13. The van der Waals surface area contributed by atoms with E-state index in [-0.39, 0.29) is 11.7 Å². The normalized spacial score (nSPS) is 30.0. The molecule has 1 aliphatic carbocycles. The average molecular weight is 391 g/mol. The summed E-state index contributed by atoms with van der Waals surface area (Å²) in [5.41, 5.74) is -1.51. The second-order valence-electron chi connectivity index (χ2n) is 7.97.